The summed E-state index contributed by atoms with van der Waals surface area (Å²) in [5.41, 5.74) is 0. The summed E-state index contributed by atoms with van der Waals surface area (Å²) in [6.07, 6.45) is 10.1. The van der Waals surface area contributed by atoms with Crippen LogP contribution < -0.4 is 0 Å². The van der Waals surface area contributed by atoms with Gasteiger partial charge in [-0.1, -0.05) is 25.3 Å². The number of hydrogen-bond acceptors (Lipinski definition) is 3. The van der Waals surface area contributed by atoms with Crippen molar-refractivity contribution in [2.75, 3.05) is 12.0 Å². The van der Waals surface area contributed by atoms with E-state index >= 15 is 0 Å². The van der Waals surface area contributed by atoms with Crippen LogP contribution in [-0.4, -0.2) is 20.4 Å². The lowest BCUT2D eigenvalue weighted by molar-refractivity contribution is 0.585. The van der Waals surface area contributed by atoms with Crippen molar-refractivity contribution < 1.29 is 8.42 Å². The maximum Gasteiger partial charge on any atom is 0.178 e. The summed E-state index contributed by atoms with van der Waals surface area (Å²) in [7, 11) is -3.11. The molecule has 1 rings (SSSR count). The van der Waals surface area contributed by atoms with Crippen molar-refractivity contribution in [3.8, 4) is 0 Å². The number of allylic oxidation sites excluding steroid dienone is 1. The molecule has 2 nitrogen and oxygen atoms in total. The van der Waals surface area contributed by atoms with E-state index in [0.29, 0.717) is 4.90 Å². The van der Waals surface area contributed by atoms with Crippen LogP contribution in [0.1, 0.15) is 38.5 Å². The molecule has 0 amide bonds. The molecule has 0 aliphatic rings. The number of unbranched alkanes of at least 4 members (excludes halogenated alkanes) is 5. The molecule has 1 aromatic carbocycles. The van der Waals surface area contributed by atoms with Gasteiger partial charge < -0.3 is 0 Å². The predicted molar refractivity (Wildman–Crippen MR) is 88.2 cm³/mol. The Bertz CT molecular complexity index is 490. The van der Waals surface area contributed by atoms with Gasteiger partial charge >= 0.3 is 0 Å². The van der Waals surface area contributed by atoms with E-state index in [9.17, 15) is 8.42 Å². The first-order valence-electron chi connectivity index (χ1n) is 7.08. The normalized spacial score (nSPS) is 11.4. The molecule has 0 aromatic heterocycles. The van der Waals surface area contributed by atoms with Gasteiger partial charge in [-0.3, -0.25) is 0 Å². The number of thioether (sulfide) groups is 1. The second-order valence-electron chi connectivity index (χ2n) is 4.84. The Kier molecular flexibility index (Phi) is 8.00. The van der Waals surface area contributed by atoms with Gasteiger partial charge in [0.2, 0.25) is 0 Å². The quantitative estimate of drug-likeness (QED) is 0.356. The fraction of sp³-hybridized carbons (Fsp3) is 0.500. The summed E-state index contributed by atoms with van der Waals surface area (Å²) in [4.78, 5) is 1.54. The topological polar surface area (TPSA) is 34.1 Å². The summed E-state index contributed by atoms with van der Waals surface area (Å²) in [6, 6.07) is 7.16. The lowest BCUT2D eigenvalue weighted by Crippen LogP contribution is -2.06. The van der Waals surface area contributed by atoms with Gasteiger partial charge in [-0.05, 0) is 49.8 Å². The molecule has 0 aliphatic heterocycles. The minimum Gasteiger partial charge on any atom is -0.224 e. The molecule has 0 unspecified atom stereocenters. The van der Waals surface area contributed by atoms with Crippen molar-refractivity contribution in [2.24, 2.45) is 0 Å². The van der Waals surface area contributed by atoms with Crippen LogP contribution in [0, 0.1) is 0 Å². The SMILES string of the molecule is C=CCCCCCCCS(=O)(=O)c1ccc(SC)cc1. The molecule has 0 saturated heterocycles. The summed E-state index contributed by atoms with van der Waals surface area (Å²) in [5.74, 6) is 0.257. The smallest absolute Gasteiger partial charge is 0.178 e. The van der Waals surface area contributed by atoms with Gasteiger partial charge in [-0.15, -0.1) is 18.3 Å². The van der Waals surface area contributed by atoms with Gasteiger partial charge in [0.15, 0.2) is 9.84 Å². The number of rotatable bonds is 10. The molecule has 0 spiro atoms. The highest BCUT2D eigenvalue weighted by atomic mass is 32.2. The highest BCUT2D eigenvalue weighted by Gasteiger charge is 2.13. The van der Waals surface area contributed by atoms with Crippen LogP contribution >= 0.6 is 11.8 Å². The maximum absolute atomic E-state index is 12.1. The van der Waals surface area contributed by atoms with E-state index in [2.05, 4.69) is 6.58 Å². The molecule has 0 bridgehead atoms. The molecule has 0 N–H and O–H groups in total. The number of sulfone groups is 1. The molecule has 0 fully saturated rings. The summed E-state index contributed by atoms with van der Waals surface area (Å²) < 4.78 is 24.3. The largest absolute Gasteiger partial charge is 0.224 e. The van der Waals surface area contributed by atoms with Crippen molar-refractivity contribution in [1.82, 2.24) is 0 Å². The first-order valence-corrected chi connectivity index (χ1v) is 9.95. The lowest BCUT2D eigenvalue weighted by atomic mass is 10.1. The Hall–Kier alpha value is -0.740. The van der Waals surface area contributed by atoms with E-state index in [1.165, 1.54) is 0 Å². The zero-order chi connectivity index (χ0) is 14.8. The Morgan fingerprint density at radius 2 is 1.65 bits per heavy atom. The summed E-state index contributed by atoms with van der Waals surface area (Å²) in [6.45, 7) is 3.69. The minimum atomic E-state index is -3.11. The van der Waals surface area contributed by atoms with Crippen molar-refractivity contribution in [3.05, 3.63) is 36.9 Å². The van der Waals surface area contributed by atoms with Crippen molar-refractivity contribution >= 4 is 21.6 Å². The molecular weight excluding hydrogens is 288 g/mol. The zero-order valence-electron chi connectivity index (χ0n) is 12.2. The maximum atomic E-state index is 12.1. The molecule has 0 atom stereocenters. The van der Waals surface area contributed by atoms with E-state index < -0.39 is 9.84 Å². The van der Waals surface area contributed by atoms with Gasteiger partial charge in [-0.25, -0.2) is 8.42 Å². The van der Waals surface area contributed by atoms with E-state index in [1.54, 1.807) is 23.9 Å². The Morgan fingerprint density at radius 3 is 2.25 bits per heavy atom. The number of benzene rings is 1. The molecular formula is C16H24O2S2. The van der Waals surface area contributed by atoms with Gasteiger partial charge in [0.25, 0.3) is 0 Å². The van der Waals surface area contributed by atoms with Crippen molar-refractivity contribution in [2.45, 2.75) is 48.3 Å². The highest BCUT2D eigenvalue weighted by molar-refractivity contribution is 7.98. The van der Waals surface area contributed by atoms with Gasteiger partial charge in [0, 0.05) is 4.90 Å². The third kappa shape index (κ3) is 6.14. The monoisotopic (exact) mass is 312 g/mol. The molecule has 1 aromatic rings. The first-order chi connectivity index (χ1) is 9.60. The van der Waals surface area contributed by atoms with Gasteiger partial charge in [-0.2, -0.15) is 0 Å². The summed E-state index contributed by atoms with van der Waals surface area (Å²) in [5, 5.41) is 0. The van der Waals surface area contributed by atoms with Gasteiger partial charge in [0.1, 0.15) is 0 Å². The average molecular weight is 312 g/mol. The molecule has 0 heterocycles. The van der Waals surface area contributed by atoms with Gasteiger partial charge in [0.05, 0.1) is 10.6 Å². The van der Waals surface area contributed by atoms with Crippen LogP contribution in [0.4, 0.5) is 0 Å². The zero-order valence-corrected chi connectivity index (χ0v) is 13.8. The second-order valence-corrected chi connectivity index (χ2v) is 7.83. The van der Waals surface area contributed by atoms with E-state index in [-0.39, 0.29) is 5.75 Å². The Morgan fingerprint density at radius 1 is 1.05 bits per heavy atom. The first kappa shape index (κ1) is 17.3. The van der Waals surface area contributed by atoms with Crippen molar-refractivity contribution in [1.29, 1.82) is 0 Å². The van der Waals surface area contributed by atoms with Crippen LogP contribution in [0.2, 0.25) is 0 Å². The lowest BCUT2D eigenvalue weighted by Gasteiger charge is -2.05. The summed E-state index contributed by atoms with van der Waals surface area (Å²) >= 11 is 1.62. The molecule has 0 saturated carbocycles. The van der Waals surface area contributed by atoms with Crippen LogP contribution in [0.5, 0.6) is 0 Å². The molecule has 112 valence electrons. The highest BCUT2D eigenvalue weighted by Crippen LogP contribution is 2.19. The third-order valence-corrected chi connectivity index (χ3v) is 5.80. The molecule has 20 heavy (non-hydrogen) atoms. The Balaban J connectivity index is 2.35. The standard InChI is InChI=1S/C16H24O2S2/c1-3-4-5-6-7-8-9-14-20(17,18)16-12-10-15(19-2)11-13-16/h3,10-13H,1,4-9,14H2,2H3. The second kappa shape index (κ2) is 9.24. The van der Waals surface area contributed by atoms with E-state index in [0.717, 1.165) is 43.4 Å². The molecule has 0 aliphatic carbocycles. The number of hydrogen-bond donors (Lipinski definition) is 0. The van der Waals surface area contributed by atoms with Crippen LogP contribution in [0.3, 0.4) is 0 Å². The minimum absolute atomic E-state index is 0.257. The van der Waals surface area contributed by atoms with E-state index in [4.69, 9.17) is 0 Å². The fourth-order valence-corrected chi connectivity index (χ4v) is 3.79. The Labute approximate surface area is 127 Å². The molecule has 4 heteroatoms. The third-order valence-electron chi connectivity index (χ3n) is 3.24. The van der Waals surface area contributed by atoms with Crippen LogP contribution in [0.15, 0.2) is 46.7 Å². The molecule has 0 radical (unpaired) electrons. The van der Waals surface area contributed by atoms with Crippen LogP contribution in [0.25, 0.3) is 0 Å². The predicted octanol–water partition coefficient (Wildman–Crippen LogP) is 4.71. The van der Waals surface area contributed by atoms with Crippen molar-refractivity contribution in [3.63, 3.8) is 0 Å². The van der Waals surface area contributed by atoms with E-state index in [1.807, 2.05) is 24.5 Å². The average Bonchev–Trinajstić information content (AvgIpc) is 2.46. The van der Waals surface area contributed by atoms with Crippen LogP contribution in [-0.2, 0) is 9.84 Å². The fourth-order valence-electron chi connectivity index (χ4n) is 2.01.